The van der Waals surface area contributed by atoms with Crippen LogP contribution in [0.25, 0.3) is 0 Å². The number of rotatable bonds is 3. The van der Waals surface area contributed by atoms with Gasteiger partial charge in [0.2, 0.25) is 0 Å². The van der Waals surface area contributed by atoms with Gasteiger partial charge in [0.1, 0.15) is 0 Å². The summed E-state index contributed by atoms with van der Waals surface area (Å²) in [6.45, 7) is 2.73. The smallest absolute Gasteiger partial charge is 0.0948 e. The lowest BCUT2D eigenvalue weighted by Crippen LogP contribution is -2.11. The Labute approximate surface area is 72.6 Å². The number of terminal acetylenes is 1. The van der Waals surface area contributed by atoms with Gasteiger partial charge in [-0.1, -0.05) is 0 Å². The average molecular weight is 163 g/mol. The van der Waals surface area contributed by atoms with Gasteiger partial charge in [0, 0.05) is 25.2 Å². The fraction of sp³-hybridized carbons (Fsp3) is 0.444. The fourth-order valence-corrected chi connectivity index (χ4v) is 1.08. The Morgan fingerprint density at radius 2 is 2.58 bits per heavy atom. The Balaban J connectivity index is 2.72. The van der Waals surface area contributed by atoms with Gasteiger partial charge >= 0.3 is 0 Å². The zero-order valence-electron chi connectivity index (χ0n) is 7.20. The minimum atomic E-state index is 0.0188. The highest BCUT2D eigenvalue weighted by molar-refractivity contribution is 5.03. The van der Waals surface area contributed by atoms with Crippen LogP contribution in [0, 0.1) is 12.3 Å². The number of hydrogen-bond donors (Lipinski definition) is 1. The molecule has 0 spiro atoms. The summed E-state index contributed by atoms with van der Waals surface area (Å²) in [7, 11) is 0. The Kier molecular flexibility index (Phi) is 2.89. The molecule has 1 heterocycles. The molecular formula is C9H13N3. The number of imidazole rings is 1. The molecule has 0 amide bonds. The Morgan fingerprint density at radius 1 is 1.83 bits per heavy atom. The summed E-state index contributed by atoms with van der Waals surface area (Å²) in [5.41, 5.74) is 6.75. The molecule has 0 saturated carbocycles. The van der Waals surface area contributed by atoms with Crippen LogP contribution in [0.1, 0.15) is 25.1 Å². The van der Waals surface area contributed by atoms with Crippen molar-refractivity contribution in [2.45, 2.75) is 25.9 Å². The molecular weight excluding hydrogens is 150 g/mol. The van der Waals surface area contributed by atoms with Crippen molar-refractivity contribution in [1.29, 1.82) is 0 Å². The van der Waals surface area contributed by atoms with Crippen molar-refractivity contribution in [2.24, 2.45) is 5.73 Å². The van der Waals surface area contributed by atoms with Crippen molar-refractivity contribution in [3.05, 3.63) is 18.2 Å². The first-order valence-corrected chi connectivity index (χ1v) is 3.94. The van der Waals surface area contributed by atoms with Crippen molar-refractivity contribution >= 4 is 0 Å². The van der Waals surface area contributed by atoms with E-state index in [2.05, 4.69) is 10.9 Å². The van der Waals surface area contributed by atoms with Gasteiger partial charge in [0.15, 0.2) is 0 Å². The highest BCUT2D eigenvalue weighted by Gasteiger charge is 2.04. The molecule has 1 aromatic heterocycles. The van der Waals surface area contributed by atoms with Crippen molar-refractivity contribution in [1.82, 2.24) is 9.55 Å². The Bertz CT molecular complexity index is 280. The molecule has 0 saturated heterocycles. The molecule has 12 heavy (non-hydrogen) atoms. The molecule has 1 rings (SSSR count). The molecule has 1 aromatic rings. The first kappa shape index (κ1) is 8.82. The second-order valence-electron chi connectivity index (χ2n) is 2.75. The van der Waals surface area contributed by atoms with E-state index in [4.69, 9.17) is 12.2 Å². The summed E-state index contributed by atoms with van der Waals surface area (Å²) in [6, 6.07) is 0.0188. The molecule has 0 radical (unpaired) electrons. The number of nitrogens with two attached hydrogens (primary N) is 1. The molecule has 0 bridgehead atoms. The maximum absolute atomic E-state index is 5.72. The largest absolute Gasteiger partial charge is 0.332 e. The van der Waals surface area contributed by atoms with E-state index in [0.29, 0.717) is 0 Å². The van der Waals surface area contributed by atoms with Gasteiger partial charge in [0.05, 0.1) is 12.0 Å². The number of aromatic nitrogens is 2. The van der Waals surface area contributed by atoms with E-state index in [1.807, 2.05) is 11.5 Å². The topological polar surface area (TPSA) is 43.8 Å². The van der Waals surface area contributed by atoms with Gasteiger partial charge in [-0.25, -0.2) is 4.98 Å². The van der Waals surface area contributed by atoms with E-state index in [1.165, 1.54) is 0 Å². The molecule has 0 aliphatic heterocycles. The summed E-state index contributed by atoms with van der Waals surface area (Å²) < 4.78 is 1.99. The fourth-order valence-electron chi connectivity index (χ4n) is 1.08. The van der Waals surface area contributed by atoms with Crippen LogP contribution in [0.4, 0.5) is 0 Å². The SMILES string of the molecule is C#CCCn1cncc1[C@H](C)N. The van der Waals surface area contributed by atoms with E-state index in [9.17, 15) is 0 Å². The predicted octanol–water partition coefficient (Wildman–Crippen LogP) is 0.926. The normalized spacial score (nSPS) is 12.4. The van der Waals surface area contributed by atoms with Gasteiger partial charge in [-0.2, -0.15) is 0 Å². The zero-order valence-corrected chi connectivity index (χ0v) is 7.20. The lowest BCUT2D eigenvalue weighted by Gasteiger charge is -2.08. The maximum Gasteiger partial charge on any atom is 0.0948 e. The Hall–Kier alpha value is -1.27. The van der Waals surface area contributed by atoms with Crippen molar-refractivity contribution in [2.75, 3.05) is 0 Å². The molecule has 0 fully saturated rings. The van der Waals surface area contributed by atoms with E-state index < -0.39 is 0 Å². The summed E-state index contributed by atoms with van der Waals surface area (Å²) in [6.07, 6.45) is 9.41. The van der Waals surface area contributed by atoms with Crippen LogP contribution in [-0.2, 0) is 6.54 Å². The maximum atomic E-state index is 5.72. The Morgan fingerprint density at radius 3 is 3.17 bits per heavy atom. The highest BCUT2D eigenvalue weighted by atomic mass is 15.1. The summed E-state index contributed by atoms with van der Waals surface area (Å²) in [5, 5.41) is 0. The van der Waals surface area contributed by atoms with Crippen molar-refractivity contribution in [3.63, 3.8) is 0 Å². The molecule has 64 valence electrons. The number of nitrogens with zero attached hydrogens (tertiary/aromatic N) is 2. The van der Waals surface area contributed by atoms with Crippen LogP contribution in [-0.4, -0.2) is 9.55 Å². The van der Waals surface area contributed by atoms with Crippen LogP contribution < -0.4 is 5.73 Å². The van der Waals surface area contributed by atoms with E-state index in [1.54, 1.807) is 12.5 Å². The third-order valence-electron chi connectivity index (χ3n) is 1.71. The van der Waals surface area contributed by atoms with Gasteiger partial charge in [-0.05, 0) is 6.92 Å². The highest BCUT2D eigenvalue weighted by Crippen LogP contribution is 2.08. The third-order valence-corrected chi connectivity index (χ3v) is 1.71. The zero-order chi connectivity index (χ0) is 8.97. The summed E-state index contributed by atoms with van der Waals surface area (Å²) in [4.78, 5) is 4.01. The van der Waals surface area contributed by atoms with Crippen LogP contribution >= 0.6 is 0 Å². The summed E-state index contributed by atoms with van der Waals surface area (Å²) in [5.74, 6) is 2.58. The van der Waals surface area contributed by atoms with Gasteiger partial charge in [-0.3, -0.25) is 0 Å². The molecule has 3 nitrogen and oxygen atoms in total. The average Bonchev–Trinajstić information content (AvgIpc) is 2.48. The molecule has 2 N–H and O–H groups in total. The lowest BCUT2D eigenvalue weighted by molar-refractivity contribution is 0.636. The van der Waals surface area contributed by atoms with Crippen LogP contribution in [0.15, 0.2) is 12.5 Å². The van der Waals surface area contributed by atoms with Crippen LogP contribution in [0.3, 0.4) is 0 Å². The molecule has 0 aromatic carbocycles. The molecule has 0 unspecified atom stereocenters. The first-order valence-electron chi connectivity index (χ1n) is 3.94. The van der Waals surface area contributed by atoms with Gasteiger partial charge in [0.25, 0.3) is 0 Å². The minimum Gasteiger partial charge on any atom is -0.332 e. The van der Waals surface area contributed by atoms with E-state index in [0.717, 1.165) is 18.7 Å². The third kappa shape index (κ3) is 1.86. The molecule has 0 aliphatic rings. The number of aryl methyl sites for hydroxylation is 1. The van der Waals surface area contributed by atoms with Crippen molar-refractivity contribution < 1.29 is 0 Å². The van der Waals surface area contributed by atoms with E-state index >= 15 is 0 Å². The monoisotopic (exact) mass is 163 g/mol. The molecule has 0 aliphatic carbocycles. The summed E-state index contributed by atoms with van der Waals surface area (Å²) >= 11 is 0. The van der Waals surface area contributed by atoms with Gasteiger partial charge in [-0.15, -0.1) is 12.3 Å². The predicted molar refractivity (Wildman–Crippen MR) is 48.3 cm³/mol. The standard InChI is InChI=1S/C9H13N3/c1-3-4-5-12-7-11-6-9(12)8(2)10/h1,6-8H,4-5,10H2,2H3/t8-/m0/s1. The van der Waals surface area contributed by atoms with Crippen LogP contribution in [0.5, 0.6) is 0 Å². The second-order valence-corrected chi connectivity index (χ2v) is 2.75. The molecule has 3 heteroatoms. The van der Waals surface area contributed by atoms with Gasteiger partial charge < -0.3 is 10.3 Å². The minimum absolute atomic E-state index is 0.0188. The quantitative estimate of drug-likeness (QED) is 0.673. The van der Waals surface area contributed by atoms with E-state index in [-0.39, 0.29) is 6.04 Å². The van der Waals surface area contributed by atoms with Crippen molar-refractivity contribution in [3.8, 4) is 12.3 Å². The molecule has 1 atom stereocenters. The lowest BCUT2D eigenvalue weighted by atomic mass is 10.2. The van der Waals surface area contributed by atoms with Crippen LogP contribution in [0.2, 0.25) is 0 Å². The second kappa shape index (κ2) is 3.93. The number of hydrogen-bond acceptors (Lipinski definition) is 2. The first-order chi connectivity index (χ1) is 5.75.